The average Bonchev–Trinajstić information content (AvgIpc) is 3.14. The number of Topliss-reactive ketones (excluding diaryl/α,β-unsaturated/α-hetero) is 3. The second-order valence-electron chi connectivity index (χ2n) is 8.59. The molecule has 4 amide bonds. The first-order valence-electron chi connectivity index (χ1n) is 15.5. The molecule has 0 spiro atoms. The lowest BCUT2D eigenvalue weighted by Crippen LogP contribution is -2.16. The third-order valence-corrected chi connectivity index (χ3v) is 3.28. The van der Waals surface area contributed by atoms with Crippen LogP contribution >= 0.6 is 0 Å². The number of ketones is 3. The minimum absolute atomic E-state index is 0.00463. The Labute approximate surface area is 328 Å². The third-order valence-electron chi connectivity index (χ3n) is 3.28. The number of ether oxygens (including phenoxy) is 4. The SMILES string of the molecule is C#CC#CC#C[CH-]CC(=O)NC.CC(C)=O.CCC(C)=O.CNC(C)=O.CNC(C)=O.CNC=O.COC(C)=O.COC(C)=O.COC=O.COCC(C)=O. The minimum Gasteiger partial charge on any atom is -0.471 e. The van der Waals surface area contributed by atoms with Crippen molar-refractivity contribution in [2.24, 2.45) is 0 Å². The molecular weight excluding hydrogens is 724 g/mol. The first kappa shape index (κ1) is 74.1. The van der Waals surface area contributed by atoms with Crippen molar-refractivity contribution in [1.82, 2.24) is 21.3 Å². The molecule has 0 aromatic heterocycles. The van der Waals surface area contributed by atoms with Crippen LogP contribution in [0.4, 0.5) is 0 Å². The first-order valence-corrected chi connectivity index (χ1v) is 15.5. The number of rotatable bonds is 7. The zero-order valence-electron chi connectivity index (χ0n) is 35.6. The van der Waals surface area contributed by atoms with Crippen molar-refractivity contribution in [3.63, 3.8) is 0 Å². The Kier molecular flexibility index (Phi) is 104. The van der Waals surface area contributed by atoms with Gasteiger partial charge in [-0.05, 0) is 46.0 Å². The molecule has 318 valence electrons. The maximum absolute atomic E-state index is 10.6. The number of nitrogens with one attached hydrogen (secondary N) is 4. The van der Waals surface area contributed by atoms with Crippen LogP contribution in [0.15, 0.2) is 0 Å². The summed E-state index contributed by atoms with van der Waals surface area (Å²) in [6.45, 7) is 14.3. The number of hydrogen-bond donors (Lipinski definition) is 4. The first-order chi connectivity index (χ1) is 25.5. The van der Waals surface area contributed by atoms with Crippen molar-refractivity contribution in [2.75, 3.05) is 63.2 Å². The van der Waals surface area contributed by atoms with E-state index in [1.165, 1.54) is 83.3 Å². The van der Waals surface area contributed by atoms with Crippen LogP contribution in [0.1, 0.15) is 75.2 Å². The molecule has 0 aliphatic carbocycles. The van der Waals surface area contributed by atoms with Crippen LogP contribution in [-0.2, 0) is 66.9 Å². The van der Waals surface area contributed by atoms with E-state index in [9.17, 15) is 38.4 Å². The maximum atomic E-state index is 10.6. The van der Waals surface area contributed by atoms with Gasteiger partial charge in [-0.2, -0.15) is 6.42 Å². The van der Waals surface area contributed by atoms with Gasteiger partial charge in [0, 0.05) is 69.4 Å². The number of esters is 2. The highest BCUT2D eigenvalue weighted by atomic mass is 16.5. The van der Waals surface area contributed by atoms with Crippen LogP contribution < -0.4 is 21.3 Å². The predicted octanol–water partition coefficient (Wildman–Crippen LogP) is 0.784. The summed E-state index contributed by atoms with van der Waals surface area (Å²) in [5, 5.41) is 9.49. The summed E-state index contributed by atoms with van der Waals surface area (Å²) in [5.41, 5.74) is 0. The largest absolute Gasteiger partial charge is 0.471 e. The standard InChI is InChI=1S/C10H8NO.C4H8O2.C4H8O.2C3H7NO.2C3H6O2.C3H6O.C2H5NO.C2H4O2/c1-3-4-5-6-7-8-9-10(12)11-2;1-4(5)3-6-2;1-3-4(2)5;2*1-3(5)4-2;2*1-3(4)5-2;1-3(2)4;1-3-2-4;1-4-2-3/h1,8H,9H2,2H3,(H,11,12);3H2,1-2H3;3H2,1-2H3;2*1-2H3,(H,4,5);2*1-2H3;1-2H3;2H,1H3,(H,3,4);2H,1H3/q-1;;;;;;;;;. The topological polar surface area (TPSA) is 256 Å². The van der Waals surface area contributed by atoms with Crippen molar-refractivity contribution < 1.29 is 66.9 Å². The van der Waals surface area contributed by atoms with Crippen molar-refractivity contribution in [3.05, 3.63) is 6.42 Å². The zero-order valence-corrected chi connectivity index (χ0v) is 35.6. The fourth-order valence-corrected chi connectivity index (χ4v) is 0.604. The molecule has 0 radical (unpaired) electrons. The van der Waals surface area contributed by atoms with Crippen molar-refractivity contribution >= 4 is 59.9 Å². The molecule has 18 nitrogen and oxygen atoms in total. The molecule has 0 fully saturated rings. The van der Waals surface area contributed by atoms with Gasteiger partial charge in [0.05, 0.1) is 21.3 Å². The van der Waals surface area contributed by atoms with E-state index in [1.807, 2.05) is 6.92 Å². The monoisotopic (exact) mass is 789 g/mol. The van der Waals surface area contributed by atoms with Gasteiger partial charge in [-0.25, -0.2) is 5.92 Å². The van der Waals surface area contributed by atoms with Gasteiger partial charge in [-0.1, -0.05) is 6.92 Å². The summed E-state index contributed by atoms with van der Waals surface area (Å²) >= 11 is 0. The van der Waals surface area contributed by atoms with Crippen LogP contribution in [0.25, 0.3) is 0 Å². The number of terminal acetylenes is 1. The van der Waals surface area contributed by atoms with Crippen LogP contribution in [0, 0.1) is 42.4 Å². The van der Waals surface area contributed by atoms with Gasteiger partial charge < -0.3 is 49.8 Å². The minimum atomic E-state index is -0.245. The van der Waals surface area contributed by atoms with E-state index in [-0.39, 0.29) is 60.0 Å². The Morgan fingerprint density at radius 3 is 1.09 bits per heavy atom. The van der Waals surface area contributed by atoms with Gasteiger partial charge in [0.15, 0.2) is 5.78 Å². The normalized spacial score (nSPS) is 6.62. The van der Waals surface area contributed by atoms with Gasteiger partial charge in [0.2, 0.25) is 24.1 Å². The Bertz CT molecular complexity index is 1070. The number of amides is 4. The second kappa shape index (κ2) is 77.3. The highest BCUT2D eigenvalue weighted by Gasteiger charge is 1.87. The molecule has 0 aromatic rings. The molecule has 0 saturated heterocycles. The zero-order chi connectivity index (χ0) is 46.1. The molecule has 0 atom stereocenters. The van der Waals surface area contributed by atoms with Crippen molar-refractivity contribution in [3.8, 4) is 36.0 Å². The molecule has 0 aromatic carbocycles. The van der Waals surface area contributed by atoms with E-state index < -0.39 is 0 Å². The Morgan fingerprint density at radius 2 is 0.964 bits per heavy atom. The average molecular weight is 790 g/mol. The van der Waals surface area contributed by atoms with E-state index in [0.29, 0.717) is 19.3 Å². The molecule has 0 heterocycles. The molecule has 55 heavy (non-hydrogen) atoms. The van der Waals surface area contributed by atoms with Gasteiger partial charge in [-0.15, -0.1) is 12.3 Å². The lowest BCUT2D eigenvalue weighted by molar-refractivity contribution is -0.138. The molecule has 4 N–H and O–H groups in total. The Morgan fingerprint density at radius 1 is 0.655 bits per heavy atom. The summed E-state index contributed by atoms with van der Waals surface area (Å²) in [7, 11) is 11.8. The van der Waals surface area contributed by atoms with Gasteiger partial charge in [-0.3, -0.25) is 44.3 Å². The van der Waals surface area contributed by atoms with E-state index in [1.54, 1.807) is 35.1 Å². The van der Waals surface area contributed by atoms with E-state index in [2.05, 4.69) is 69.8 Å². The molecule has 0 unspecified atom stereocenters. The van der Waals surface area contributed by atoms with Crippen LogP contribution in [-0.4, -0.2) is 123 Å². The highest BCUT2D eigenvalue weighted by Crippen LogP contribution is 1.82. The van der Waals surface area contributed by atoms with Crippen LogP contribution in [0.5, 0.6) is 0 Å². The smallest absolute Gasteiger partial charge is 0.302 e. The Hall–Kier alpha value is -6.19. The molecular formula is C37H65N4O14-. The fourth-order valence-electron chi connectivity index (χ4n) is 0.604. The van der Waals surface area contributed by atoms with Crippen molar-refractivity contribution in [1.29, 1.82) is 0 Å². The number of hydrogen-bond acceptors (Lipinski definition) is 14. The van der Waals surface area contributed by atoms with Crippen LogP contribution in [0.2, 0.25) is 0 Å². The molecule has 0 saturated carbocycles. The maximum Gasteiger partial charge on any atom is 0.302 e. The third kappa shape index (κ3) is 284. The number of carbonyl (C=O) groups is 10. The molecule has 18 heteroatoms. The molecule has 0 rings (SSSR count). The molecule has 0 aliphatic rings. The highest BCUT2D eigenvalue weighted by molar-refractivity contribution is 5.77. The fraction of sp³-hybridized carbons (Fsp3) is 0.541. The van der Waals surface area contributed by atoms with Gasteiger partial charge in [0.1, 0.15) is 18.2 Å². The summed E-state index contributed by atoms with van der Waals surface area (Å²) in [6, 6.07) is 0. The lowest BCUT2D eigenvalue weighted by atomic mass is 10.3. The lowest BCUT2D eigenvalue weighted by Gasteiger charge is -1.97. The Balaban J connectivity index is -0.0000000526. The second-order valence-corrected chi connectivity index (χ2v) is 8.59. The van der Waals surface area contributed by atoms with Crippen molar-refractivity contribution in [2.45, 2.75) is 75.2 Å². The summed E-state index contributed by atoms with van der Waals surface area (Å²) in [5.74, 6) is 11.9. The quantitative estimate of drug-likeness (QED) is 0.0915. The summed E-state index contributed by atoms with van der Waals surface area (Å²) in [6.07, 6.45) is 7.95. The summed E-state index contributed by atoms with van der Waals surface area (Å²) in [4.78, 5) is 96.4. The van der Waals surface area contributed by atoms with E-state index in [0.717, 1.165) is 0 Å². The molecule has 0 bridgehead atoms. The molecule has 0 aliphatic heterocycles. The van der Waals surface area contributed by atoms with E-state index in [4.69, 9.17) is 16.0 Å². The van der Waals surface area contributed by atoms with E-state index >= 15 is 0 Å². The van der Waals surface area contributed by atoms with Crippen LogP contribution in [0.3, 0.4) is 0 Å². The van der Waals surface area contributed by atoms with Gasteiger partial charge in [0.25, 0.3) is 6.47 Å². The number of methoxy groups -OCH3 is 4. The van der Waals surface area contributed by atoms with Gasteiger partial charge >= 0.3 is 11.9 Å². The number of carbonyl (C=O) groups excluding carboxylic acids is 10. The summed E-state index contributed by atoms with van der Waals surface area (Å²) < 4.78 is 16.5. The predicted molar refractivity (Wildman–Crippen MR) is 210 cm³/mol.